The summed E-state index contributed by atoms with van der Waals surface area (Å²) >= 11 is 0. The second-order valence-electron chi connectivity index (χ2n) is 16.7. The Kier molecular flexibility index (Phi) is 7.85. The van der Waals surface area contributed by atoms with Gasteiger partial charge in [0.1, 0.15) is 0 Å². The molecule has 0 amide bonds. The van der Waals surface area contributed by atoms with Crippen molar-refractivity contribution in [1.82, 2.24) is 15.0 Å². The van der Waals surface area contributed by atoms with E-state index in [9.17, 15) is 0 Å². The summed E-state index contributed by atoms with van der Waals surface area (Å²) in [5, 5.41) is 6.26. The van der Waals surface area contributed by atoms with Gasteiger partial charge in [0.15, 0.2) is 17.5 Å². The van der Waals surface area contributed by atoms with Crippen LogP contribution in [0.1, 0.15) is 45.0 Å². The molecule has 2 heterocycles. The van der Waals surface area contributed by atoms with Gasteiger partial charge in [-0.15, -0.1) is 0 Å². The van der Waals surface area contributed by atoms with Gasteiger partial charge in [0.25, 0.3) is 0 Å². The number of hydrogen-bond acceptors (Lipinski definition) is 4. The SMILES string of the molecule is C1=C(c2cc(-c3nc(-c4ccccc4)nc(-c4ccccc4)n3)c3ccccc3c2)c2cc3c(cc2NC1c1ccccc1)C1(c2ccccc2-c2ccccc21)c1ccccc1-3. The van der Waals surface area contributed by atoms with Crippen molar-refractivity contribution in [2.45, 2.75) is 11.5 Å². The zero-order valence-electron chi connectivity index (χ0n) is 34.2. The number of fused-ring (bicyclic) bond motifs is 12. The molecule has 1 spiro atoms. The standard InChI is InChI=1S/C59H38N4/c1-4-18-37(19-5-1)54-35-46(41-32-40-24-10-11-25-42(40)49(33-41)58-62-56(38-20-6-2-7-21-38)61-57(63-58)39-22-8-3-9-23-39)48-34-47-45-28-14-17-31-52(45)59(53(47)36-55(48)60-54)50-29-15-12-26-43(50)44-27-13-16-30-51(44)59/h1-36,54,60H. The van der Waals surface area contributed by atoms with E-state index in [-0.39, 0.29) is 6.04 Å². The second kappa shape index (κ2) is 13.9. The van der Waals surface area contributed by atoms with Gasteiger partial charge in [-0.05, 0) is 102 Å². The number of nitrogens with zero attached hydrogens (tertiary/aromatic N) is 3. The molecular formula is C59H38N4. The van der Waals surface area contributed by atoms with E-state index in [4.69, 9.17) is 15.0 Å². The van der Waals surface area contributed by atoms with Crippen LogP contribution in [0.5, 0.6) is 0 Å². The van der Waals surface area contributed by atoms with E-state index in [1.807, 2.05) is 36.4 Å². The van der Waals surface area contributed by atoms with E-state index in [1.54, 1.807) is 0 Å². The summed E-state index contributed by atoms with van der Waals surface area (Å²) in [4.78, 5) is 15.5. The normalized spacial score (nSPS) is 14.9. The van der Waals surface area contributed by atoms with E-state index >= 15 is 0 Å². The minimum atomic E-state index is -0.443. The highest BCUT2D eigenvalue weighted by Crippen LogP contribution is 2.64. The summed E-state index contributed by atoms with van der Waals surface area (Å²) in [7, 11) is 0. The van der Waals surface area contributed by atoms with Gasteiger partial charge in [-0.3, -0.25) is 0 Å². The Morgan fingerprint density at radius 2 is 0.873 bits per heavy atom. The summed E-state index contributed by atoms with van der Waals surface area (Å²) in [5.74, 6) is 1.92. The van der Waals surface area contributed by atoms with Crippen molar-refractivity contribution in [2.24, 2.45) is 0 Å². The van der Waals surface area contributed by atoms with E-state index in [1.165, 1.54) is 61.2 Å². The van der Waals surface area contributed by atoms with Crippen molar-refractivity contribution < 1.29 is 0 Å². The Balaban J connectivity index is 1.06. The lowest BCUT2D eigenvalue weighted by atomic mass is 9.70. The molecule has 294 valence electrons. The average molecular weight is 803 g/mol. The largest absolute Gasteiger partial charge is 0.374 e. The van der Waals surface area contributed by atoms with Crippen LogP contribution in [0, 0.1) is 0 Å². The molecule has 0 saturated heterocycles. The van der Waals surface area contributed by atoms with Crippen LogP contribution in [-0.4, -0.2) is 15.0 Å². The molecule has 0 bridgehead atoms. The minimum Gasteiger partial charge on any atom is -0.374 e. The lowest BCUT2D eigenvalue weighted by Gasteiger charge is -2.33. The predicted octanol–water partition coefficient (Wildman–Crippen LogP) is 14.0. The maximum Gasteiger partial charge on any atom is 0.164 e. The molecule has 1 aliphatic heterocycles. The molecule has 63 heavy (non-hydrogen) atoms. The maximum atomic E-state index is 5.24. The Hall–Kier alpha value is -8.21. The van der Waals surface area contributed by atoms with E-state index in [0.717, 1.165) is 38.7 Å². The molecule has 0 fully saturated rings. The number of anilines is 1. The number of hydrogen-bond donors (Lipinski definition) is 1. The van der Waals surface area contributed by atoms with Crippen LogP contribution >= 0.6 is 0 Å². The molecule has 1 unspecified atom stereocenters. The fraction of sp³-hybridized carbons (Fsp3) is 0.0339. The molecule has 10 aromatic rings. The summed E-state index contributed by atoms with van der Waals surface area (Å²) in [5.41, 5.74) is 18.6. The lowest BCUT2D eigenvalue weighted by Crippen LogP contribution is -2.26. The Morgan fingerprint density at radius 3 is 1.49 bits per heavy atom. The topological polar surface area (TPSA) is 50.7 Å². The van der Waals surface area contributed by atoms with Crippen LogP contribution in [0.25, 0.3) is 72.8 Å². The summed E-state index contributed by atoms with van der Waals surface area (Å²) in [6, 6.07) is 76.4. The highest BCUT2D eigenvalue weighted by Gasteiger charge is 2.52. The van der Waals surface area contributed by atoms with Crippen molar-refractivity contribution in [2.75, 3.05) is 5.32 Å². The first-order chi connectivity index (χ1) is 31.2. The van der Waals surface area contributed by atoms with Gasteiger partial charge in [0.2, 0.25) is 0 Å². The third-order valence-electron chi connectivity index (χ3n) is 13.3. The molecule has 13 rings (SSSR count). The molecule has 0 saturated carbocycles. The second-order valence-corrected chi connectivity index (χ2v) is 16.7. The quantitative estimate of drug-likeness (QED) is 0.188. The molecule has 0 radical (unpaired) electrons. The first-order valence-electron chi connectivity index (χ1n) is 21.6. The van der Waals surface area contributed by atoms with Crippen molar-refractivity contribution in [3.8, 4) is 56.4 Å². The molecule has 9 aromatic carbocycles. The van der Waals surface area contributed by atoms with Crippen LogP contribution in [0.3, 0.4) is 0 Å². The molecule has 3 aliphatic rings. The average Bonchev–Trinajstić information content (AvgIpc) is 3.82. The molecule has 2 aliphatic carbocycles. The van der Waals surface area contributed by atoms with Crippen LogP contribution in [0.15, 0.2) is 218 Å². The van der Waals surface area contributed by atoms with Gasteiger partial charge in [0.05, 0.1) is 11.5 Å². The van der Waals surface area contributed by atoms with Crippen molar-refractivity contribution >= 4 is 22.0 Å². The monoisotopic (exact) mass is 802 g/mol. The summed E-state index contributed by atoms with van der Waals surface area (Å²) < 4.78 is 0. The van der Waals surface area contributed by atoms with E-state index in [2.05, 4.69) is 187 Å². The molecule has 1 aromatic heterocycles. The van der Waals surface area contributed by atoms with Crippen LogP contribution < -0.4 is 5.32 Å². The third kappa shape index (κ3) is 5.38. The fourth-order valence-electron chi connectivity index (χ4n) is 10.6. The summed E-state index contributed by atoms with van der Waals surface area (Å²) in [6.07, 6.45) is 2.41. The third-order valence-corrected chi connectivity index (χ3v) is 13.3. The van der Waals surface area contributed by atoms with Crippen LogP contribution in [-0.2, 0) is 5.41 Å². The minimum absolute atomic E-state index is 0.0731. The first kappa shape index (κ1) is 35.5. The predicted molar refractivity (Wildman–Crippen MR) is 256 cm³/mol. The maximum absolute atomic E-state index is 5.24. The molecule has 1 atom stereocenters. The van der Waals surface area contributed by atoms with Crippen LogP contribution in [0.2, 0.25) is 0 Å². The van der Waals surface area contributed by atoms with Crippen molar-refractivity contribution in [3.05, 3.63) is 257 Å². The Labute approximate surface area is 366 Å². The van der Waals surface area contributed by atoms with Gasteiger partial charge in [-0.25, -0.2) is 15.0 Å². The van der Waals surface area contributed by atoms with E-state index in [0.29, 0.717) is 17.5 Å². The van der Waals surface area contributed by atoms with Crippen molar-refractivity contribution in [1.29, 1.82) is 0 Å². The summed E-state index contributed by atoms with van der Waals surface area (Å²) in [6.45, 7) is 0. The number of rotatable bonds is 5. The highest BCUT2D eigenvalue weighted by atomic mass is 15.0. The smallest absolute Gasteiger partial charge is 0.164 e. The number of aromatic nitrogens is 3. The highest BCUT2D eigenvalue weighted by molar-refractivity contribution is 6.03. The van der Waals surface area contributed by atoms with Gasteiger partial charge in [-0.1, -0.05) is 188 Å². The van der Waals surface area contributed by atoms with Gasteiger partial charge < -0.3 is 5.32 Å². The Bertz CT molecular complexity index is 3380. The zero-order chi connectivity index (χ0) is 41.5. The fourth-order valence-corrected chi connectivity index (χ4v) is 10.6. The lowest BCUT2D eigenvalue weighted by molar-refractivity contribution is 0.793. The van der Waals surface area contributed by atoms with Gasteiger partial charge in [-0.2, -0.15) is 0 Å². The zero-order valence-corrected chi connectivity index (χ0v) is 34.2. The van der Waals surface area contributed by atoms with Crippen LogP contribution in [0.4, 0.5) is 5.69 Å². The molecule has 4 heteroatoms. The number of benzene rings is 9. The van der Waals surface area contributed by atoms with Crippen molar-refractivity contribution in [3.63, 3.8) is 0 Å². The molecule has 1 N–H and O–H groups in total. The molecule has 4 nitrogen and oxygen atoms in total. The first-order valence-corrected chi connectivity index (χ1v) is 21.6. The van der Waals surface area contributed by atoms with E-state index < -0.39 is 5.41 Å². The molecular weight excluding hydrogens is 765 g/mol. The number of nitrogens with one attached hydrogen (secondary N) is 1. The van der Waals surface area contributed by atoms with Gasteiger partial charge in [0, 0.05) is 27.9 Å². The van der Waals surface area contributed by atoms with Gasteiger partial charge >= 0.3 is 0 Å². The Morgan fingerprint density at radius 1 is 0.365 bits per heavy atom.